The summed E-state index contributed by atoms with van der Waals surface area (Å²) in [5.74, 6) is 1.77. The monoisotopic (exact) mass is 190 g/mol. The summed E-state index contributed by atoms with van der Waals surface area (Å²) in [6.07, 6.45) is 3.97. The molecule has 1 aliphatic heterocycles. The highest BCUT2D eigenvalue weighted by molar-refractivity contribution is 5.35. The zero-order valence-corrected chi connectivity index (χ0v) is 8.99. The number of benzene rings is 1. The SMILES string of the molecule is CCC(C)C1CCc2ccccc2O1. The van der Waals surface area contributed by atoms with Crippen LogP contribution >= 0.6 is 0 Å². The van der Waals surface area contributed by atoms with E-state index in [1.807, 2.05) is 0 Å². The van der Waals surface area contributed by atoms with Crippen LogP contribution in [0.25, 0.3) is 0 Å². The number of para-hydroxylation sites is 1. The van der Waals surface area contributed by atoms with Gasteiger partial charge >= 0.3 is 0 Å². The number of hydrogen-bond acceptors (Lipinski definition) is 1. The van der Waals surface area contributed by atoms with Crippen LogP contribution in [0.15, 0.2) is 24.3 Å². The van der Waals surface area contributed by atoms with Gasteiger partial charge in [-0.25, -0.2) is 0 Å². The second-order valence-corrected chi connectivity index (χ2v) is 4.19. The second kappa shape index (κ2) is 4.04. The van der Waals surface area contributed by atoms with Crippen molar-refractivity contribution in [2.45, 2.75) is 39.2 Å². The molecule has 2 rings (SSSR count). The van der Waals surface area contributed by atoms with Crippen LogP contribution in [0.1, 0.15) is 32.3 Å². The van der Waals surface area contributed by atoms with Crippen molar-refractivity contribution in [2.75, 3.05) is 0 Å². The van der Waals surface area contributed by atoms with Crippen molar-refractivity contribution < 1.29 is 4.74 Å². The van der Waals surface area contributed by atoms with Gasteiger partial charge in [-0.3, -0.25) is 0 Å². The van der Waals surface area contributed by atoms with E-state index in [1.54, 1.807) is 0 Å². The van der Waals surface area contributed by atoms with Crippen molar-refractivity contribution >= 4 is 0 Å². The van der Waals surface area contributed by atoms with Gasteiger partial charge in [-0.2, -0.15) is 0 Å². The number of aryl methyl sites for hydroxylation is 1. The highest BCUT2D eigenvalue weighted by Gasteiger charge is 2.23. The van der Waals surface area contributed by atoms with Crippen LogP contribution in [0, 0.1) is 5.92 Å². The van der Waals surface area contributed by atoms with Crippen molar-refractivity contribution in [3.63, 3.8) is 0 Å². The van der Waals surface area contributed by atoms with Crippen LogP contribution in [0.4, 0.5) is 0 Å². The predicted molar refractivity (Wildman–Crippen MR) is 58.6 cm³/mol. The summed E-state index contributed by atoms with van der Waals surface area (Å²) in [5.41, 5.74) is 1.37. The molecular formula is C13H18O. The quantitative estimate of drug-likeness (QED) is 0.694. The zero-order chi connectivity index (χ0) is 9.97. The summed E-state index contributed by atoms with van der Waals surface area (Å²) in [5, 5.41) is 0. The predicted octanol–water partition coefficient (Wildman–Crippen LogP) is 3.43. The molecule has 14 heavy (non-hydrogen) atoms. The van der Waals surface area contributed by atoms with Crippen molar-refractivity contribution in [3.05, 3.63) is 29.8 Å². The van der Waals surface area contributed by atoms with E-state index in [1.165, 1.54) is 24.8 Å². The van der Waals surface area contributed by atoms with E-state index < -0.39 is 0 Å². The lowest BCUT2D eigenvalue weighted by Gasteiger charge is -2.29. The maximum absolute atomic E-state index is 5.98. The van der Waals surface area contributed by atoms with Gasteiger partial charge in [0, 0.05) is 0 Å². The fraction of sp³-hybridized carbons (Fsp3) is 0.538. The number of hydrogen-bond donors (Lipinski definition) is 0. The Morgan fingerprint density at radius 2 is 2.21 bits per heavy atom. The second-order valence-electron chi connectivity index (χ2n) is 4.19. The summed E-state index contributed by atoms with van der Waals surface area (Å²) in [6.45, 7) is 4.51. The van der Waals surface area contributed by atoms with Crippen molar-refractivity contribution in [2.24, 2.45) is 5.92 Å². The third-order valence-electron chi connectivity index (χ3n) is 3.23. The molecule has 1 nitrogen and oxygen atoms in total. The Balaban J connectivity index is 2.13. The summed E-state index contributed by atoms with van der Waals surface area (Å²) in [7, 11) is 0. The molecule has 0 amide bonds. The van der Waals surface area contributed by atoms with E-state index in [0.717, 1.165) is 5.75 Å². The first-order valence-corrected chi connectivity index (χ1v) is 5.56. The van der Waals surface area contributed by atoms with Gasteiger partial charge in [0.05, 0.1) is 0 Å². The van der Waals surface area contributed by atoms with Gasteiger partial charge < -0.3 is 4.74 Å². The molecule has 0 saturated heterocycles. The molecule has 0 saturated carbocycles. The molecular weight excluding hydrogens is 172 g/mol. The lowest BCUT2D eigenvalue weighted by atomic mass is 9.93. The molecule has 1 heteroatoms. The Hall–Kier alpha value is -0.980. The fourth-order valence-corrected chi connectivity index (χ4v) is 2.01. The molecule has 0 N–H and O–H groups in total. The number of fused-ring (bicyclic) bond motifs is 1. The van der Waals surface area contributed by atoms with Crippen molar-refractivity contribution in [1.29, 1.82) is 0 Å². The minimum Gasteiger partial charge on any atom is -0.490 e. The average Bonchev–Trinajstić information content (AvgIpc) is 2.27. The van der Waals surface area contributed by atoms with Gasteiger partial charge in [0.25, 0.3) is 0 Å². The van der Waals surface area contributed by atoms with Gasteiger partial charge in [0.15, 0.2) is 0 Å². The molecule has 0 aliphatic carbocycles. The first-order chi connectivity index (χ1) is 6.81. The van der Waals surface area contributed by atoms with E-state index in [4.69, 9.17) is 4.74 Å². The molecule has 0 aromatic heterocycles. The summed E-state index contributed by atoms with van der Waals surface area (Å²) in [4.78, 5) is 0. The minimum atomic E-state index is 0.426. The summed E-state index contributed by atoms with van der Waals surface area (Å²) >= 11 is 0. The van der Waals surface area contributed by atoms with E-state index >= 15 is 0 Å². The van der Waals surface area contributed by atoms with Gasteiger partial charge in [0.1, 0.15) is 11.9 Å². The third kappa shape index (κ3) is 1.77. The van der Waals surface area contributed by atoms with Crippen molar-refractivity contribution in [1.82, 2.24) is 0 Å². The molecule has 2 atom stereocenters. The molecule has 1 aromatic rings. The van der Waals surface area contributed by atoms with E-state index in [-0.39, 0.29) is 0 Å². The normalized spacial score (nSPS) is 22.3. The maximum Gasteiger partial charge on any atom is 0.122 e. The average molecular weight is 190 g/mol. The highest BCUT2D eigenvalue weighted by Crippen LogP contribution is 2.30. The lowest BCUT2D eigenvalue weighted by Crippen LogP contribution is -2.28. The first kappa shape index (κ1) is 9.57. The topological polar surface area (TPSA) is 9.23 Å². The van der Waals surface area contributed by atoms with E-state index in [0.29, 0.717) is 12.0 Å². The molecule has 76 valence electrons. The standard InChI is InChI=1S/C13H18O/c1-3-10(2)12-9-8-11-6-4-5-7-13(11)14-12/h4-7,10,12H,3,8-9H2,1-2H3. The molecule has 1 aromatic carbocycles. The van der Waals surface area contributed by atoms with Gasteiger partial charge in [0.2, 0.25) is 0 Å². The summed E-state index contributed by atoms with van der Waals surface area (Å²) < 4.78 is 5.98. The molecule has 0 bridgehead atoms. The zero-order valence-electron chi connectivity index (χ0n) is 8.99. The highest BCUT2D eigenvalue weighted by atomic mass is 16.5. The van der Waals surface area contributed by atoms with E-state index in [2.05, 4.69) is 38.1 Å². The van der Waals surface area contributed by atoms with Gasteiger partial charge in [-0.05, 0) is 30.4 Å². The molecule has 0 fully saturated rings. The van der Waals surface area contributed by atoms with Gasteiger partial charge in [-0.1, -0.05) is 38.5 Å². The Labute approximate surface area is 86.1 Å². The number of ether oxygens (including phenoxy) is 1. The maximum atomic E-state index is 5.98. The first-order valence-electron chi connectivity index (χ1n) is 5.56. The molecule has 1 aliphatic rings. The smallest absolute Gasteiger partial charge is 0.122 e. The van der Waals surface area contributed by atoms with Crippen LogP contribution in [0.3, 0.4) is 0 Å². The molecule has 0 spiro atoms. The lowest BCUT2D eigenvalue weighted by molar-refractivity contribution is 0.116. The molecule has 2 unspecified atom stereocenters. The van der Waals surface area contributed by atoms with Crippen molar-refractivity contribution in [3.8, 4) is 5.75 Å². The Morgan fingerprint density at radius 1 is 1.43 bits per heavy atom. The van der Waals surface area contributed by atoms with Crippen LogP contribution < -0.4 is 4.74 Å². The fourth-order valence-electron chi connectivity index (χ4n) is 2.01. The Bertz CT molecular complexity index is 306. The van der Waals surface area contributed by atoms with E-state index in [9.17, 15) is 0 Å². The largest absolute Gasteiger partial charge is 0.490 e. The number of rotatable bonds is 2. The van der Waals surface area contributed by atoms with Crippen LogP contribution in [-0.2, 0) is 6.42 Å². The van der Waals surface area contributed by atoms with Crippen LogP contribution in [-0.4, -0.2) is 6.10 Å². The minimum absolute atomic E-state index is 0.426. The third-order valence-corrected chi connectivity index (χ3v) is 3.23. The Kier molecular flexibility index (Phi) is 2.76. The Morgan fingerprint density at radius 3 is 3.00 bits per heavy atom. The van der Waals surface area contributed by atoms with Gasteiger partial charge in [-0.15, -0.1) is 0 Å². The van der Waals surface area contributed by atoms with Crippen LogP contribution in [0.2, 0.25) is 0 Å². The molecule has 1 heterocycles. The van der Waals surface area contributed by atoms with Crippen LogP contribution in [0.5, 0.6) is 5.75 Å². The summed E-state index contributed by atoms with van der Waals surface area (Å²) in [6, 6.07) is 8.40. The molecule has 0 radical (unpaired) electrons.